The highest BCUT2D eigenvalue weighted by atomic mass is 19.3. The van der Waals surface area contributed by atoms with E-state index in [4.69, 9.17) is 4.74 Å². The first-order chi connectivity index (χ1) is 15.6. The Morgan fingerprint density at radius 1 is 1.24 bits per heavy atom. The molecule has 1 aliphatic rings. The van der Waals surface area contributed by atoms with Crippen molar-refractivity contribution in [1.82, 2.24) is 5.06 Å². The largest absolute Gasteiger partial charge is 0.434 e. The van der Waals surface area contributed by atoms with Crippen LogP contribution in [0.15, 0.2) is 36.4 Å². The second kappa shape index (κ2) is 11.0. The average Bonchev–Trinajstić information content (AvgIpc) is 2.74. The van der Waals surface area contributed by atoms with Gasteiger partial charge in [-0.15, -0.1) is 0 Å². The number of ether oxygens (including phenoxy) is 2. The molecule has 1 heterocycles. The molecule has 0 aromatic heterocycles. The molecular weight excluding hydrogens is 437 g/mol. The minimum Gasteiger partial charge on any atom is -0.434 e. The number of nitrogens with zero attached hydrogens (tertiary/aromatic N) is 1. The minimum atomic E-state index is -2.95. The summed E-state index contributed by atoms with van der Waals surface area (Å²) >= 11 is 0. The van der Waals surface area contributed by atoms with Crippen molar-refractivity contribution >= 4 is 11.3 Å². The predicted octanol–water partition coefficient (Wildman–Crippen LogP) is 4.72. The number of hydrogen-bond acceptors (Lipinski definition) is 6. The summed E-state index contributed by atoms with van der Waals surface area (Å²) in [5.74, 6) is -0.418. The summed E-state index contributed by atoms with van der Waals surface area (Å²) in [4.78, 5) is 0. The number of hydroxylamine groups is 2. The number of aliphatic hydroxyl groups excluding tert-OH is 1. The maximum atomic E-state index is 15.0. The van der Waals surface area contributed by atoms with E-state index in [9.17, 15) is 23.5 Å². The fourth-order valence-corrected chi connectivity index (χ4v) is 3.76. The van der Waals surface area contributed by atoms with Crippen LogP contribution in [-0.2, 0) is 17.8 Å². The van der Waals surface area contributed by atoms with Gasteiger partial charge in [0.15, 0.2) is 0 Å². The van der Waals surface area contributed by atoms with E-state index in [-0.39, 0.29) is 31.5 Å². The average molecular weight is 467 g/mol. The number of rotatable bonds is 9. The standard InChI is InChI=1S/C24H29F3N2O4/c1-14-4-6-23(33-24(26)27)17(8-14)11-28-21-10-19(20(25)9-18(21)12-29(3)31)16-5-7-22(15(2)30)32-13-16/h4-6,8-10,15,22,24,28,30-31H,7,11-13H2,1-3H3. The summed E-state index contributed by atoms with van der Waals surface area (Å²) in [5.41, 5.74) is 3.40. The van der Waals surface area contributed by atoms with Gasteiger partial charge in [-0.2, -0.15) is 13.8 Å². The third kappa shape index (κ3) is 6.70. The van der Waals surface area contributed by atoms with E-state index >= 15 is 0 Å². The van der Waals surface area contributed by atoms with Crippen LogP contribution in [0.5, 0.6) is 5.75 Å². The van der Waals surface area contributed by atoms with Crippen molar-refractivity contribution in [3.8, 4) is 5.75 Å². The molecule has 33 heavy (non-hydrogen) atoms. The third-order valence-corrected chi connectivity index (χ3v) is 5.43. The van der Waals surface area contributed by atoms with Crippen LogP contribution < -0.4 is 10.1 Å². The van der Waals surface area contributed by atoms with Crippen molar-refractivity contribution < 1.29 is 33.0 Å². The van der Waals surface area contributed by atoms with Gasteiger partial charge in [0.25, 0.3) is 0 Å². The van der Waals surface area contributed by atoms with Gasteiger partial charge >= 0.3 is 6.61 Å². The molecule has 0 spiro atoms. The normalized spacial score (nSPS) is 17.3. The lowest BCUT2D eigenvalue weighted by molar-refractivity contribution is -0.0730. The van der Waals surface area contributed by atoms with Crippen molar-refractivity contribution in [2.45, 2.75) is 52.2 Å². The van der Waals surface area contributed by atoms with Crippen LogP contribution in [-0.4, -0.2) is 47.9 Å². The zero-order valence-corrected chi connectivity index (χ0v) is 18.8. The van der Waals surface area contributed by atoms with Gasteiger partial charge in [-0.1, -0.05) is 23.8 Å². The zero-order valence-electron chi connectivity index (χ0n) is 18.8. The van der Waals surface area contributed by atoms with E-state index in [0.29, 0.717) is 34.4 Å². The number of benzene rings is 2. The lowest BCUT2D eigenvalue weighted by Crippen LogP contribution is -2.29. The molecule has 2 aromatic carbocycles. The van der Waals surface area contributed by atoms with E-state index in [1.807, 2.05) is 13.0 Å². The van der Waals surface area contributed by atoms with E-state index in [1.165, 1.54) is 19.2 Å². The Morgan fingerprint density at radius 2 is 2.00 bits per heavy atom. The molecule has 0 saturated carbocycles. The maximum Gasteiger partial charge on any atom is 0.387 e. The van der Waals surface area contributed by atoms with Gasteiger partial charge in [0, 0.05) is 30.4 Å². The fraction of sp³-hybridized carbons (Fsp3) is 0.417. The smallest absolute Gasteiger partial charge is 0.387 e. The first kappa shape index (κ1) is 25.0. The first-order valence-electron chi connectivity index (χ1n) is 10.6. The van der Waals surface area contributed by atoms with Crippen molar-refractivity contribution in [2.24, 2.45) is 0 Å². The highest BCUT2D eigenvalue weighted by Crippen LogP contribution is 2.31. The van der Waals surface area contributed by atoms with E-state index < -0.39 is 18.5 Å². The number of nitrogens with one attached hydrogen (secondary N) is 1. The summed E-state index contributed by atoms with van der Waals surface area (Å²) in [6.07, 6.45) is 1.32. The molecule has 3 rings (SSSR count). The lowest BCUT2D eigenvalue weighted by atomic mass is 9.97. The molecule has 2 unspecified atom stereocenters. The molecule has 0 radical (unpaired) electrons. The van der Waals surface area contributed by atoms with E-state index in [1.54, 1.807) is 25.1 Å². The maximum absolute atomic E-state index is 15.0. The van der Waals surface area contributed by atoms with E-state index in [0.717, 1.165) is 10.6 Å². The molecule has 0 bridgehead atoms. The number of anilines is 1. The Labute approximate surface area is 191 Å². The van der Waals surface area contributed by atoms with Gasteiger partial charge in [0.05, 0.1) is 25.4 Å². The van der Waals surface area contributed by atoms with Crippen LogP contribution in [0.3, 0.4) is 0 Å². The van der Waals surface area contributed by atoms with Crippen LogP contribution in [0.2, 0.25) is 0 Å². The van der Waals surface area contributed by atoms with Crippen molar-refractivity contribution in [1.29, 1.82) is 0 Å². The molecule has 3 N–H and O–H groups in total. The first-order valence-corrected chi connectivity index (χ1v) is 10.6. The minimum absolute atomic E-state index is 0.0490. The van der Waals surface area contributed by atoms with Crippen molar-refractivity contribution in [3.05, 3.63) is 64.5 Å². The number of alkyl halides is 2. The number of aryl methyl sites for hydroxylation is 1. The molecule has 180 valence electrons. The van der Waals surface area contributed by atoms with Gasteiger partial charge < -0.3 is 25.1 Å². The lowest BCUT2D eigenvalue weighted by Gasteiger charge is -2.26. The second-order valence-corrected chi connectivity index (χ2v) is 8.20. The Balaban J connectivity index is 1.90. The SMILES string of the molecule is Cc1ccc(OC(F)F)c(CNc2cc(C3=CCC(C(C)O)OC3)c(F)cc2CN(C)O)c1. The van der Waals surface area contributed by atoms with Crippen LogP contribution in [0.1, 0.15) is 35.6 Å². The summed E-state index contributed by atoms with van der Waals surface area (Å²) in [5, 5.41) is 23.5. The summed E-state index contributed by atoms with van der Waals surface area (Å²) in [6, 6.07) is 7.86. The summed E-state index contributed by atoms with van der Waals surface area (Å²) in [7, 11) is 1.44. The number of halogens is 3. The molecule has 0 aliphatic carbocycles. The van der Waals surface area contributed by atoms with Crippen LogP contribution >= 0.6 is 0 Å². The van der Waals surface area contributed by atoms with Crippen molar-refractivity contribution in [3.63, 3.8) is 0 Å². The van der Waals surface area contributed by atoms with Gasteiger partial charge in [-0.05, 0) is 49.6 Å². The molecular formula is C24H29F3N2O4. The van der Waals surface area contributed by atoms with Crippen LogP contribution in [0.4, 0.5) is 18.9 Å². The van der Waals surface area contributed by atoms with Gasteiger partial charge in [0.1, 0.15) is 11.6 Å². The number of aliphatic hydroxyl groups is 1. The highest BCUT2D eigenvalue weighted by molar-refractivity contribution is 5.72. The Kier molecular flexibility index (Phi) is 8.36. The highest BCUT2D eigenvalue weighted by Gasteiger charge is 2.22. The van der Waals surface area contributed by atoms with Crippen LogP contribution in [0, 0.1) is 12.7 Å². The molecule has 1 aliphatic heterocycles. The topological polar surface area (TPSA) is 74.2 Å². The number of hydrogen-bond donors (Lipinski definition) is 3. The van der Waals surface area contributed by atoms with Crippen molar-refractivity contribution in [2.75, 3.05) is 19.0 Å². The molecule has 0 fully saturated rings. The second-order valence-electron chi connectivity index (χ2n) is 8.20. The molecule has 6 nitrogen and oxygen atoms in total. The van der Waals surface area contributed by atoms with E-state index in [2.05, 4.69) is 10.1 Å². The Bertz CT molecular complexity index is 996. The van der Waals surface area contributed by atoms with Crippen LogP contribution in [0.25, 0.3) is 5.57 Å². The zero-order chi connectivity index (χ0) is 24.1. The monoisotopic (exact) mass is 466 g/mol. The fourth-order valence-electron chi connectivity index (χ4n) is 3.76. The Hall–Kier alpha value is -2.59. The predicted molar refractivity (Wildman–Crippen MR) is 119 cm³/mol. The molecule has 2 aromatic rings. The molecule has 0 amide bonds. The quantitative estimate of drug-likeness (QED) is 0.465. The molecule has 9 heteroatoms. The third-order valence-electron chi connectivity index (χ3n) is 5.43. The summed E-state index contributed by atoms with van der Waals surface area (Å²) in [6.45, 7) is 0.878. The van der Waals surface area contributed by atoms with Gasteiger partial charge in [0.2, 0.25) is 0 Å². The summed E-state index contributed by atoms with van der Waals surface area (Å²) < 4.78 is 50.8. The molecule has 2 atom stereocenters. The van der Waals surface area contributed by atoms with Gasteiger partial charge in [-0.25, -0.2) is 4.39 Å². The Morgan fingerprint density at radius 3 is 2.61 bits per heavy atom. The molecule has 0 saturated heterocycles. The van der Waals surface area contributed by atoms with Gasteiger partial charge in [-0.3, -0.25) is 0 Å².